The van der Waals surface area contributed by atoms with Gasteiger partial charge in [0.2, 0.25) is 0 Å². The third-order valence-corrected chi connectivity index (χ3v) is 2.90. The van der Waals surface area contributed by atoms with Gasteiger partial charge in [-0.25, -0.2) is 4.79 Å². The smallest absolute Gasteiger partial charge is 0.336 e. The van der Waals surface area contributed by atoms with Crippen LogP contribution in [0.4, 0.5) is 0 Å². The Hall–Kier alpha value is -1.88. The number of aromatic nitrogens is 2. The number of aromatic carboxylic acids is 1. The van der Waals surface area contributed by atoms with Crippen molar-refractivity contribution in [2.45, 2.75) is 13.5 Å². The van der Waals surface area contributed by atoms with Gasteiger partial charge in [-0.1, -0.05) is 0 Å². The first-order valence-corrected chi connectivity index (χ1v) is 5.83. The lowest BCUT2D eigenvalue weighted by atomic mass is 10.1. The molecule has 0 atom stereocenters. The number of carboxylic acid groups (broad SMARTS) is 1. The van der Waals surface area contributed by atoms with Crippen molar-refractivity contribution in [3.05, 3.63) is 29.5 Å². The Kier molecular flexibility index (Phi) is 3.34. The number of carboxylic acids is 1. The lowest BCUT2D eigenvalue weighted by molar-refractivity contribution is 0.0699. The van der Waals surface area contributed by atoms with Crippen LogP contribution in [0.15, 0.2) is 18.3 Å². The summed E-state index contributed by atoms with van der Waals surface area (Å²) in [5, 5.41) is 14.2. The minimum atomic E-state index is -0.907. The van der Waals surface area contributed by atoms with Crippen molar-refractivity contribution in [2.75, 3.05) is 20.6 Å². The highest BCUT2D eigenvalue weighted by atomic mass is 16.4. The Labute approximate surface area is 106 Å². The van der Waals surface area contributed by atoms with Crippen molar-refractivity contribution in [1.82, 2.24) is 14.7 Å². The van der Waals surface area contributed by atoms with Crippen LogP contribution in [0.3, 0.4) is 0 Å². The summed E-state index contributed by atoms with van der Waals surface area (Å²) in [5.41, 5.74) is 2.14. The average molecular weight is 247 g/mol. The lowest BCUT2D eigenvalue weighted by Gasteiger charge is -2.10. The van der Waals surface area contributed by atoms with Gasteiger partial charge >= 0.3 is 5.97 Å². The molecule has 0 spiro atoms. The van der Waals surface area contributed by atoms with Crippen molar-refractivity contribution in [3.63, 3.8) is 0 Å². The largest absolute Gasteiger partial charge is 0.478 e. The molecule has 96 valence electrons. The first kappa shape index (κ1) is 12.6. The van der Waals surface area contributed by atoms with Gasteiger partial charge in [0.05, 0.1) is 23.8 Å². The van der Waals surface area contributed by atoms with Gasteiger partial charge in [-0.3, -0.25) is 4.68 Å². The predicted octanol–water partition coefficient (Wildman–Crippen LogP) is 1.60. The van der Waals surface area contributed by atoms with E-state index >= 15 is 0 Å². The zero-order chi connectivity index (χ0) is 13.3. The van der Waals surface area contributed by atoms with Crippen molar-refractivity contribution < 1.29 is 9.90 Å². The molecule has 5 nitrogen and oxygen atoms in total. The van der Waals surface area contributed by atoms with E-state index in [2.05, 4.69) is 10.00 Å². The Bertz CT molecular complexity index is 587. The van der Waals surface area contributed by atoms with E-state index in [1.807, 2.05) is 31.8 Å². The Balaban J connectivity index is 2.49. The molecule has 2 aromatic rings. The van der Waals surface area contributed by atoms with Crippen LogP contribution in [-0.2, 0) is 6.54 Å². The van der Waals surface area contributed by atoms with E-state index in [0.717, 1.165) is 24.2 Å². The second-order valence-corrected chi connectivity index (χ2v) is 4.72. The van der Waals surface area contributed by atoms with Crippen LogP contribution in [0.25, 0.3) is 10.9 Å². The summed E-state index contributed by atoms with van der Waals surface area (Å²) in [5.74, 6) is -0.907. The van der Waals surface area contributed by atoms with Gasteiger partial charge in [0.25, 0.3) is 0 Å². The maximum Gasteiger partial charge on any atom is 0.336 e. The van der Waals surface area contributed by atoms with Gasteiger partial charge in [-0.2, -0.15) is 5.10 Å². The van der Waals surface area contributed by atoms with Crippen LogP contribution < -0.4 is 0 Å². The Morgan fingerprint density at radius 2 is 2.17 bits per heavy atom. The summed E-state index contributed by atoms with van der Waals surface area (Å²) in [4.78, 5) is 13.3. The first-order valence-electron chi connectivity index (χ1n) is 5.83. The SMILES string of the molecule is Cc1cc(C(=O)O)c2cnn(CCN(C)C)c2c1. The summed E-state index contributed by atoms with van der Waals surface area (Å²) < 4.78 is 1.86. The average Bonchev–Trinajstić information content (AvgIpc) is 2.68. The number of carbonyl (C=O) groups is 1. The fourth-order valence-corrected chi connectivity index (χ4v) is 1.97. The molecule has 18 heavy (non-hydrogen) atoms. The number of rotatable bonds is 4. The molecule has 0 saturated carbocycles. The molecule has 1 N–H and O–H groups in total. The molecule has 0 saturated heterocycles. The first-order chi connectivity index (χ1) is 8.49. The fourth-order valence-electron chi connectivity index (χ4n) is 1.97. The van der Waals surface area contributed by atoms with Gasteiger partial charge in [0.1, 0.15) is 0 Å². The number of aryl methyl sites for hydroxylation is 1. The maximum absolute atomic E-state index is 11.2. The van der Waals surface area contributed by atoms with Gasteiger partial charge < -0.3 is 10.0 Å². The molecule has 1 heterocycles. The zero-order valence-corrected chi connectivity index (χ0v) is 10.8. The highest BCUT2D eigenvalue weighted by Gasteiger charge is 2.13. The molecule has 2 rings (SSSR count). The molecule has 1 aromatic carbocycles. The number of nitrogens with zero attached hydrogens (tertiary/aromatic N) is 3. The third-order valence-electron chi connectivity index (χ3n) is 2.90. The van der Waals surface area contributed by atoms with E-state index in [4.69, 9.17) is 0 Å². The molecule has 0 bridgehead atoms. The second kappa shape index (κ2) is 4.78. The number of fused-ring (bicyclic) bond motifs is 1. The molecule has 0 unspecified atom stereocenters. The number of benzene rings is 1. The molecule has 1 aromatic heterocycles. The fraction of sp³-hybridized carbons (Fsp3) is 0.385. The van der Waals surface area contributed by atoms with Crippen LogP contribution in [0.5, 0.6) is 0 Å². The number of likely N-dealkylation sites (N-methyl/N-ethyl adjacent to an activating group) is 1. The maximum atomic E-state index is 11.2. The summed E-state index contributed by atoms with van der Waals surface area (Å²) in [6.45, 7) is 3.52. The van der Waals surface area contributed by atoms with Gasteiger partial charge in [0.15, 0.2) is 0 Å². The topological polar surface area (TPSA) is 58.4 Å². The predicted molar refractivity (Wildman–Crippen MR) is 70.0 cm³/mol. The van der Waals surface area contributed by atoms with Crippen molar-refractivity contribution in [1.29, 1.82) is 0 Å². The molecule has 0 aliphatic rings. The zero-order valence-electron chi connectivity index (χ0n) is 10.8. The summed E-state index contributed by atoms with van der Waals surface area (Å²) in [7, 11) is 4.00. The minimum absolute atomic E-state index is 0.320. The monoisotopic (exact) mass is 247 g/mol. The van der Waals surface area contributed by atoms with Gasteiger partial charge in [0, 0.05) is 11.9 Å². The molecule has 0 amide bonds. The highest BCUT2D eigenvalue weighted by molar-refractivity contribution is 6.02. The summed E-state index contributed by atoms with van der Waals surface area (Å²) in [6.07, 6.45) is 1.63. The second-order valence-electron chi connectivity index (χ2n) is 4.72. The molecule has 0 aliphatic carbocycles. The Morgan fingerprint density at radius 3 is 2.78 bits per heavy atom. The molecule has 0 aliphatic heterocycles. The van der Waals surface area contributed by atoms with Crippen LogP contribution >= 0.6 is 0 Å². The van der Waals surface area contributed by atoms with Crippen molar-refractivity contribution in [3.8, 4) is 0 Å². The highest BCUT2D eigenvalue weighted by Crippen LogP contribution is 2.21. The van der Waals surface area contributed by atoms with Gasteiger partial charge in [-0.05, 0) is 38.7 Å². The third kappa shape index (κ3) is 2.36. The van der Waals surface area contributed by atoms with Crippen molar-refractivity contribution in [2.24, 2.45) is 0 Å². The van der Waals surface area contributed by atoms with E-state index < -0.39 is 5.97 Å². The Morgan fingerprint density at radius 1 is 1.44 bits per heavy atom. The molecule has 0 radical (unpaired) electrons. The van der Waals surface area contributed by atoms with E-state index in [-0.39, 0.29) is 0 Å². The number of hydrogen-bond acceptors (Lipinski definition) is 3. The lowest BCUT2D eigenvalue weighted by Crippen LogP contribution is -2.18. The van der Waals surface area contributed by atoms with E-state index in [1.165, 1.54) is 0 Å². The van der Waals surface area contributed by atoms with Crippen LogP contribution in [0.1, 0.15) is 15.9 Å². The van der Waals surface area contributed by atoms with Crippen LogP contribution in [0, 0.1) is 6.92 Å². The quantitative estimate of drug-likeness (QED) is 0.891. The minimum Gasteiger partial charge on any atom is -0.478 e. The molecular weight excluding hydrogens is 230 g/mol. The van der Waals surface area contributed by atoms with E-state index in [1.54, 1.807) is 12.3 Å². The van der Waals surface area contributed by atoms with E-state index in [0.29, 0.717) is 10.9 Å². The normalized spacial score (nSPS) is 11.3. The standard InChI is InChI=1S/C13H17N3O2/c1-9-6-10(13(17)18)11-8-14-16(12(11)7-9)5-4-15(2)3/h6-8H,4-5H2,1-3H3,(H,17,18). The number of hydrogen-bond donors (Lipinski definition) is 1. The van der Waals surface area contributed by atoms with Crippen LogP contribution in [0.2, 0.25) is 0 Å². The molecule has 0 fully saturated rings. The molecule has 5 heteroatoms. The summed E-state index contributed by atoms with van der Waals surface area (Å²) >= 11 is 0. The summed E-state index contributed by atoms with van der Waals surface area (Å²) in [6, 6.07) is 3.66. The van der Waals surface area contributed by atoms with Crippen LogP contribution in [-0.4, -0.2) is 46.4 Å². The van der Waals surface area contributed by atoms with Gasteiger partial charge in [-0.15, -0.1) is 0 Å². The van der Waals surface area contributed by atoms with Crippen molar-refractivity contribution >= 4 is 16.9 Å². The molecular formula is C13H17N3O2. The van der Waals surface area contributed by atoms with E-state index in [9.17, 15) is 9.90 Å².